The maximum absolute atomic E-state index is 5.45. The van der Waals surface area contributed by atoms with Gasteiger partial charge < -0.3 is 15.1 Å². The minimum absolute atomic E-state index is 0.759. The van der Waals surface area contributed by atoms with Crippen molar-refractivity contribution in [1.82, 2.24) is 15.5 Å². The summed E-state index contributed by atoms with van der Waals surface area (Å²) in [6.07, 6.45) is 6.27. The van der Waals surface area contributed by atoms with Gasteiger partial charge in [-0.3, -0.25) is 9.89 Å². The van der Waals surface area contributed by atoms with E-state index in [1.165, 1.54) is 23.3 Å². The van der Waals surface area contributed by atoms with E-state index in [0.717, 1.165) is 44.3 Å². The summed E-state index contributed by atoms with van der Waals surface area (Å²) in [6.45, 7) is 3.39. The SMILES string of the molecule is CN=C(NCCCCSC)NCc1ccccc1CN(C)Cc1ccco1. The van der Waals surface area contributed by atoms with Crippen molar-refractivity contribution in [1.29, 1.82) is 0 Å². The second-order valence-corrected chi connectivity index (χ2v) is 7.56. The summed E-state index contributed by atoms with van der Waals surface area (Å²) in [6, 6.07) is 12.5. The number of nitrogens with zero attached hydrogens (tertiary/aromatic N) is 2. The van der Waals surface area contributed by atoms with Crippen LogP contribution in [0.15, 0.2) is 52.1 Å². The molecule has 148 valence electrons. The lowest BCUT2D eigenvalue weighted by Crippen LogP contribution is -2.37. The Morgan fingerprint density at radius 1 is 1.07 bits per heavy atom. The highest BCUT2D eigenvalue weighted by Crippen LogP contribution is 2.13. The third-order valence-corrected chi connectivity index (χ3v) is 5.00. The Labute approximate surface area is 167 Å². The van der Waals surface area contributed by atoms with Gasteiger partial charge in [0.2, 0.25) is 0 Å². The highest BCUT2D eigenvalue weighted by molar-refractivity contribution is 7.98. The molecule has 0 unspecified atom stereocenters. The van der Waals surface area contributed by atoms with Gasteiger partial charge in [0.05, 0.1) is 12.8 Å². The molecule has 2 rings (SSSR count). The molecule has 0 aliphatic heterocycles. The number of rotatable bonds is 11. The fourth-order valence-electron chi connectivity index (χ4n) is 2.88. The predicted molar refractivity (Wildman–Crippen MR) is 116 cm³/mol. The van der Waals surface area contributed by atoms with Gasteiger partial charge in [-0.05, 0) is 55.2 Å². The minimum atomic E-state index is 0.759. The molecule has 2 aromatic rings. The first-order valence-electron chi connectivity index (χ1n) is 9.44. The maximum Gasteiger partial charge on any atom is 0.191 e. The molecule has 0 bridgehead atoms. The molecule has 0 spiro atoms. The van der Waals surface area contributed by atoms with Gasteiger partial charge in [-0.1, -0.05) is 24.3 Å². The van der Waals surface area contributed by atoms with Gasteiger partial charge in [-0.2, -0.15) is 11.8 Å². The van der Waals surface area contributed by atoms with E-state index in [-0.39, 0.29) is 0 Å². The van der Waals surface area contributed by atoms with E-state index in [1.54, 1.807) is 6.26 Å². The van der Waals surface area contributed by atoms with Crippen molar-refractivity contribution in [3.63, 3.8) is 0 Å². The topological polar surface area (TPSA) is 52.8 Å². The number of guanidine groups is 1. The van der Waals surface area contributed by atoms with Crippen LogP contribution in [0.5, 0.6) is 0 Å². The molecule has 27 heavy (non-hydrogen) atoms. The van der Waals surface area contributed by atoms with Crippen LogP contribution in [-0.4, -0.2) is 43.5 Å². The second kappa shape index (κ2) is 12.5. The molecule has 0 atom stereocenters. The van der Waals surface area contributed by atoms with E-state index in [9.17, 15) is 0 Å². The highest BCUT2D eigenvalue weighted by atomic mass is 32.2. The van der Waals surface area contributed by atoms with E-state index in [4.69, 9.17) is 4.42 Å². The summed E-state index contributed by atoms with van der Waals surface area (Å²) in [5.74, 6) is 3.06. The van der Waals surface area contributed by atoms with Crippen molar-refractivity contribution < 1.29 is 4.42 Å². The molecule has 2 N–H and O–H groups in total. The molecule has 0 fully saturated rings. The van der Waals surface area contributed by atoms with Crippen molar-refractivity contribution >= 4 is 17.7 Å². The van der Waals surface area contributed by atoms with E-state index < -0.39 is 0 Å². The number of hydrogen-bond donors (Lipinski definition) is 2. The first-order chi connectivity index (χ1) is 13.2. The monoisotopic (exact) mass is 388 g/mol. The van der Waals surface area contributed by atoms with Crippen LogP contribution in [0.2, 0.25) is 0 Å². The number of thioether (sulfide) groups is 1. The molecule has 1 aromatic heterocycles. The summed E-state index contributed by atoms with van der Waals surface area (Å²) >= 11 is 1.90. The lowest BCUT2D eigenvalue weighted by Gasteiger charge is -2.19. The Bertz CT molecular complexity index is 673. The average Bonchev–Trinajstić information content (AvgIpc) is 3.18. The molecule has 0 aliphatic rings. The first kappa shape index (κ1) is 21.4. The van der Waals surface area contributed by atoms with Gasteiger partial charge in [0.25, 0.3) is 0 Å². The number of hydrogen-bond acceptors (Lipinski definition) is 4. The smallest absolute Gasteiger partial charge is 0.191 e. The summed E-state index contributed by atoms with van der Waals surface area (Å²) < 4.78 is 5.45. The Morgan fingerprint density at radius 3 is 2.59 bits per heavy atom. The van der Waals surface area contributed by atoms with Crippen LogP contribution in [-0.2, 0) is 19.6 Å². The zero-order valence-corrected chi connectivity index (χ0v) is 17.5. The maximum atomic E-state index is 5.45. The standard InChI is InChI=1S/C21H32N4OS/c1-22-21(23-12-6-7-14-27-3)24-15-18-9-4-5-10-19(18)16-25(2)17-20-11-8-13-26-20/h4-5,8-11,13H,6-7,12,14-17H2,1-3H3,(H2,22,23,24). The van der Waals surface area contributed by atoms with Crippen molar-refractivity contribution in [3.05, 3.63) is 59.5 Å². The van der Waals surface area contributed by atoms with Crippen LogP contribution in [0.1, 0.15) is 29.7 Å². The number of nitrogens with one attached hydrogen (secondary N) is 2. The normalized spacial score (nSPS) is 11.8. The van der Waals surface area contributed by atoms with E-state index in [2.05, 4.69) is 58.1 Å². The molecule has 0 amide bonds. The van der Waals surface area contributed by atoms with E-state index in [1.807, 2.05) is 30.9 Å². The third kappa shape index (κ3) is 8.10. The van der Waals surface area contributed by atoms with E-state index >= 15 is 0 Å². The largest absolute Gasteiger partial charge is 0.468 e. The van der Waals surface area contributed by atoms with Crippen LogP contribution in [0.4, 0.5) is 0 Å². The van der Waals surface area contributed by atoms with Crippen LogP contribution in [0.3, 0.4) is 0 Å². The Morgan fingerprint density at radius 2 is 1.89 bits per heavy atom. The number of furan rings is 1. The van der Waals surface area contributed by atoms with Crippen molar-refractivity contribution in [3.8, 4) is 0 Å². The van der Waals surface area contributed by atoms with Crippen molar-refractivity contribution in [2.45, 2.75) is 32.5 Å². The van der Waals surface area contributed by atoms with Gasteiger partial charge in [0, 0.05) is 26.7 Å². The van der Waals surface area contributed by atoms with Crippen LogP contribution < -0.4 is 10.6 Å². The summed E-state index contributed by atoms with van der Waals surface area (Å²) in [4.78, 5) is 6.59. The fraction of sp³-hybridized carbons (Fsp3) is 0.476. The van der Waals surface area contributed by atoms with Gasteiger partial charge in [0.1, 0.15) is 5.76 Å². The molecular weight excluding hydrogens is 356 g/mol. The van der Waals surface area contributed by atoms with Crippen LogP contribution in [0, 0.1) is 0 Å². The minimum Gasteiger partial charge on any atom is -0.468 e. The van der Waals surface area contributed by atoms with Gasteiger partial charge in [-0.15, -0.1) is 0 Å². The summed E-state index contributed by atoms with van der Waals surface area (Å²) in [5.41, 5.74) is 2.60. The van der Waals surface area contributed by atoms with Crippen LogP contribution in [0.25, 0.3) is 0 Å². The van der Waals surface area contributed by atoms with Crippen molar-refractivity contribution in [2.24, 2.45) is 4.99 Å². The van der Waals surface area contributed by atoms with E-state index in [0.29, 0.717) is 0 Å². The molecule has 1 heterocycles. The summed E-state index contributed by atoms with van der Waals surface area (Å²) in [5, 5.41) is 6.83. The molecule has 0 aliphatic carbocycles. The molecule has 0 radical (unpaired) electrons. The number of unbranched alkanes of at least 4 members (excludes halogenated alkanes) is 1. The highest BCUT2D eigenvalue weighted by Gasteiger charge is 2.08. The Balaban J connectivity index is 1.83. The van der Waals surface area contributed by atoms with Gasteiger partial charge in [-0.25, -0.2) is 0 Å². The molecular formula is C21H32N4OS. The molecule has 0 saturated carbocycles. The zero-order valence-electron chi connectivity index (χ0n) is 16.7. The first-order valence-corrected chi connectivity index (χ1v) is 10.8. The quantitative estimate of drug-likeness (QED) is 0.349. The summed E-state index contributed by atoms with van der Waals surface area (Å²) in [7, 11) is 3.93. The number of aliphatic imine (C=N–C) groups is 1. The molecule has 5 nitrogen and oxygen atoms in total. The predicted octanol–water partition coefficient (Wildman–Crippen LogP) is 3.72. The van der Waals surface area contributed by atoms with Gasteiger partial charge in [0.15, 0.2) is 5.96 Å². The molecule has 6 heteroatoms. The number of benzene rings is 1. The average molecular weight is 389 g/mol. The Hall–Kier alpha value is -1.92. The third-order valence-electron chi connectivity index (χ3n) is 4.30. The second-order valence-electron chi connectivity index (χ2n) is 6.57. The van der Waals surface area contributed by atoms with Crippen molar-refractivity contribution in [2.75, 3.05) is 32.6 Å². The molecule has 1 aromatic carbocycles. The fourth-order valence-corrected chi connectivity index (χ4v) is 3.37. The van der Waals surface area contributed by atoms with Gasteiger partial charge >= 0.3 is 0 Å². The molecule has 0 saturated heterocycles. The Kier molecular flexibility index (Phi) is 9.87. The zero-order chi connectivity index (χ0) is 19.3. The lowest BCUT2D eigenvalue weighted by molar-refractivity contribution is 0.287. The van der Waals surface area contributed by atoms with Crippen LogP contribution >= 0.6 is 11.8 Å². The lowest BCUT2D eigenvalue weighted by atomic mass is 10.1.